The van der Waals surface area contributed by atoms with Gasteiger partial charge in [0.2, 0.25) is 0 Å². The van der Waals surface area contributed by atoms with Crippen LogP contribution in [-0.2, 0) is 0 Å². The van der Waals surface area contributed by atoms with Crippen molar-refractivity contribution in [1.29, 1.82) is 0 Å². The van der Waals surface area contributed by atoms with E-state index in [1.54, 1.807) is 0 Å². The highest BCUT2D eigenvalue weighted by Gasteiger charge is 2.19. The van der Waals surface area contributed by atoms with Gasteiger partial charge in [-0.2, -0.15) is 0 Å². The van der Waals surface area contributed by atoms with Crippen LogP contribution < -0.4 is 0 Å². The van der Waals surface area contributed by atoms with Gasteiger partial charge in [-0.1, -0.05) is 140 Å². The number of benzene rings is 9. The van der Waals surface area contributed by atoms with Gasteiger partial charge in [0.1, 0.15) is 0 Å². The fraction of sp³-hybridized carbons (Fsp3) is 0. The SMILES string of the molecule is c1ccc(-c2c3ccccc3c(-c3cc(-c4ccc5sc6ccc7ccccc7c6c5c4)cc4ccccc34)c3ccccc23)cc1. The first-order valence-electron chi connectivity index (χ1n) is 16.2. The predicted octanol–water partition coefficient (Wildman–Crippen LogP) is 13.7. The Kier molecular flexibility index (Phi) is 5.85. The van der Waals surface area contributed by atoms with Gasteiger partial charge < -0.3 is 0 Å². The number of hydrogen-bond acceptors (Lipinski definition) is 1. The highest BCUT2D eigenvalue weighted by molar-refractivity contribution is 7.26. The van der Waals surface area contributed by atoms with Crippen molar-refractivity contribution in [2.45, 2.75) is 0 Å². The van der Waals surface area contributed by atoms with Crippen LogP contribution >= 0.6 is 11.3 Å². The van der Waals surface area contributed by atoms with Crippen molar-refractivity contribution in [3.05, 3.63) is 170 Å². The monoisotopic (exact) mass is 612 g/mol. The van der Waals surface area contributed by atoms with Crippen molar-refractivity contribution >= 4 is 74.6 Å². The van der Waals surface area contributed by atoms with Crippen LogP contribution in [0.5, 0.6) is 0 Å². The number of rotatable bonds is 3. The van der Waals surface area contributed by atoms with E-state index < -0.39 is 0 Å². The lowest BCUT2D eigenvalue weighted by Crippen LogP contribution is -1.92. The van der Waals surface area contributed by atoms with E-state index in [0.29, 0.717) is 0 Å². The molecule has 0 fully saturated rings. The molecule has 0 N–H and O–H groups in total. The zero-order valence-corrected chi connectivity index (χ0v) is 26.4. The van der Waals surface area contributed by atoms with E-state index in [9.17, 15) is 0 Å². The molecule has 0 aliphatic rings. The third-order valence-electron chi connectivity index (χ3n) is 9.82. The first-order valence-corrected chi connectivity index (χ1v) is 17.0. The summed E-state index contributed by atoms with van der Waals surface area (Å²) in [5, 5.41) is 12.9. The Bertz CT molecular complexity index is 2780. The summed E-state index contributed by atoms with van der Waals surface area (Å²) in [5.41, 5.74) is 7.58. The van der Waals surface area contributed by atoms with E-state index >= 15 is 0 Å². The van der Waals surface area contributed by atoms with Gasteiger partial charge in [0.15, 0.2) is 0 Å². The second-order valence-corrected chi connectivity index (χ2v) is 13.5. The minimum atomic E-state index is 1.24. The van der Waals surface area contributed by atoms with Crippen LogP contribution in [0.3, 0.4) is 0 Å². The van der Waals surface area contributed by atoms with E-state index in [1.807, 2.05) is 11.3 Å². The van der Waals surface area contributed by atoms with Gasteiger partial charge in [0.05, 0.1) is 0 Å². The molecule has 1 aromatic heterocycles. The lowest BCUT2D eigenvalue weighted by atomic mass is 9.84. The number of thiophene rings is 1. The van der Waals surface area contributed by atoms with Crippen LogP contribution in [0, 0.1) is 0 Å². The van der Waals surface area contributed by atoms with Gasteiger partial charge in [-0.05, 0) is 107 Å². The van der Waals surface area contributed by atoms with Gasteiger partial charge in [0, 0.05) is 20.2 Å². The third-order valence-corrected chi connectivity index (χ3v) is 11.0. The molecule has 0 nitrogen and oxygen atoms in total. The largest absolute Gasteiger partial charge is 0.135 e. The van der Waals surface area contributed by atoms with Crippen LogP contribution in [0.4, 0.5) is 0 Å². The first kappa shape index (κ1) is 26.5. The lowest BCUT2D eigenvalue weighted by Gasteiger charge is -2.19. The maximum Gasteiger partial charge on any atom is 0.0361 e. The zero-order valence-electron chi connectivity index (χ0n) is 25.6. The average Bonchev–Trinajstić information content (AvgIpc) is 3.52. The molecule has 0 unspecified atom stereocenters. The van der Waals surface area contributed by atoms with Gasteiger partial charge >= 0.3 is 0 Å². The lowest BCUT2D eigenvalue weighted by molar-refractivity contribution is 1.65. The van der Waals surface area contributed by atoms with Crippen molar-refractivity contribution < 1.29 is 0 Å². The fourth-order valence-corrected chi connectivity index (χ4v) is 8.85. The molecule has 0 atom stereocenters. The molecule has 0 radical (unpaired) electrons. The average molecular weight is 613 g/mol. The predicted molar refractivity (Wildman–Crippen MR) is 206 cm³/mol. The standard InChI is InChI=1S/C46H28S/c1-2-13-30(14-3-1)44-36-18-8-10-20-38(36)45(39-21-11-9-19-37(39)44)40-28-33(26-32-15-5-6-16-34(32)40)31-23-24-42-41(27-31)46-35-17-7-4-12-29(35)22-25-43(46)47-42/h1-28H. The van der Waals surface area contributed by atoms with E-state index in [2.05, 4.69) is 170 Å². The van der Waals surface area contributed by atoms with E-state index in [0.717, 1.165) is 0 Å². The van der Waals surface area contributed by atoms with Crippen molar-refractivity contribution in [1.82, 2.24) is 0 Å². The van der Waals surface area contributed by atoms with Crippen LogP contribution in [0.15, 0.2) is 170 Å². The molecular weight excluding hydrogens is 585 g/mol. The summed E-state index contributed by atoms with van der Waals surface area (Å²) in [5.74, 6) is 0. The Morgan fingerprint density at radius 1 is 0.298 bits per heavy atom. The van der Waals surface area contributed by atoms with Crippen molar-refractivity contribution in [2.24, 2.45) is 0 Å². The molecule has 218 valence electrons. The Hall–Kier alpha value is -5.76. The maximum absolute atomic E-state index is 2.44. The van der Waals surface area contributed by atoms with E-state index in [-0.39, 0.29) is 0 Å². The van der Waals surface area contributed by atoms with Gasteiger partial charge in [-0.25, -0.2) is 0 Å². The number of fused-ring (bicyclic) bond motifs is 8. The van der Waals surface area contributed by atoms with E-state index in [4.69, 9.17) is 0 Å². The molecule has 1 heterocycles. The zero-order chi connectivity index (χ0) is 30.9. The minimum absolute atomic E-state index is 1.24. The summed E-state index contributed by atoms with van der Waals surface area (Å²) in [6.45, 7) is 0. The Morgan fingerprint density at radius 2 is 0.872 bits per heavy atom. The Balaban J connectivity index is 1.29. The maximum atomic E-state index is 2.44. The molecule has 0 amide bonds. The molecule has 0 spiro atoms. The second-order valence-electron chi connectivity index (χ2n) is 12.4. The van der Waals surface area contributed by atoms with Gasteiger partial charge in [-0.3, -0.25) is 0 Å². The molecule has 10 aromatic rings. The van der Waals surface area contributed by atoms with Crippen molar-refractivity contribution in [2.75, 3.05) is 0 Å². The molecule has 9 aromatic carbocycles. The first-order chi connectivity index (χ1) is 23.3. The highest BCUT2D eigenvalue weighted by atomic mass is 32.1. The Labute approximate surface area is 276 Å². The normalized spacial score (nSPS) is 11.8. The fourth-order valence-electron chi connectivity index (χ4n) is 7.75. The quantitative estimate of drug-likeness (QED) is 0.174. The molecule has 0 aliphatic heterocycles. The summed E-state index contributed by atoms with van der Waals surface area (Å²) >= 11 is 1.89. The molecule has 47 heavy (non-hydrogen) atoms. The van der Waals surface area contributed by atoms with Crippen LogP contribution in [0.25, 0.3) is 96.6 Å². The summed E-state index contributed by atoms with van der Waals surface area (Å²) < 4.78 is 2.67. The van der Waals surface area contributed by atoms with Gasteiger partial charge in [-0.15, -0.1) is 11.3 Å². The Morgan fingerprint density at radius 3 is 1.60 bits per heavy atom. The number of hydrogen-bond donors (Lipinski definition) is 0. The summed E-state index contributed by atoms with van der Waals surface area (Å²) in [6, 6.07) is 62.8. The minimum Gasteiger partial charge on any atom is -0.135 e. The highest BCUT2D eigenvalue weighted by Crippen LogP contribution is 2.47. The van der Waals surface area contributed by atoms with Gasteiger partial charge in [0.25, 0.3) is 0 Å². The van der Waals surface area contributed by atoms with Crippen LogP contribution in [0.1, 0.15) is 0 Å². The molecular formula is C46H28S. The summed E-state index contributed by atoms with van der Waals surface area (Å²) in [7, 11) is 0. The van der Waals surface area contributed by atoms with E-state index in [1.165, 1.54) is 96.6 Å². The molecule has 1 heteroatoms. The molecule has 10 rings (SSSR count). The molecule has 0 aliphatic carbocycles. The molecule has 0 saturated heterocycles. The molecule has 0 saturated carbocycles. The summed E-state index contributed by atoms with van der Waals surface area (Å²) in [4.78, 5) is 0. The third kappa shape index (κ3) is 4.07. The summed E-state index contributed by atoms with van der Waals surface area (Å²) in [6.07, 6.45) is 0. The van der Waals surface area contributed by atoms with Crippen LogP contribution in [-0.4, -0.2) is 0 Å². The molecule has 0 bridgehead atoms. The topological polar surface area (TPSA) is 0 Å². The van der Waals surface area contributed by atoms with Crippen molar-refractivity contribution in [3.63, 3.8) is 0 Å². The van der Waals surface area contributed by atoms with Crippen LogP contribution in [0.2, 0.25) is 0 Å². The second kappa shape index (κ2) is 10.4. The van der Waals surface area contributed by atoms with Crippen molar-refractivity contribution in [3.8, 4) is 33.4 Å². The smallest absolute Gasteiger partial charge is 0.0361 e.